The van der Waals surface area contributed by atoms with Gasteiger partial charge in [0.25, 0.3) is 12.3 Å². The van der Waals surface area contributed by atoms with Crippen molar-refractivity contribution in [3.8, 4) is 23.1 Å². The maximum atomic E-state index is 12.7. The summed E-state index contributed by atoms with van der Waals surface area (Å²) in [5, 5.41) is 22.5. The van der Waals surface area contributed by atoms with Crippen molar-refractivity contribution in [1.82, 2.24) is 19.8 Å². The molecule has 0 saturated carbocycles. The number of nitrogens with zero attached hydrogens (tertiary/aromatic N) is 5. The summed E-state index contributed by atoms with van der Waals surface area (Å²) in [4.78, 5) is 24.8. The Bertz CT molecular complexity index is 1510. The van der Waals surface area contributed by atoms with Crippen LogP contribution in [0.15, 0.2) is 54.7 Å². The van der Waals surface area contributed by atoms with Crippen LogP contribution in [0.5, 0.6) is 5.75 Å². The molecule has 2 N–H and O–H groups in total. The lowest BCUT2D eigenvalue weighted by atomic mass is 9.88. The number of piperidine rings is 2. The zero-order valence-corrected chi connectivity index (χ0v) is 24.8. The van der Waals surface area contributed by atoms with Crippen LogP contribution in [0.3, 0.4) is 0 Å². The van der Waals surface area contributed by atoms with E-state index >= 15 is 0 Å². The molecule has 1 amide bonds. The van der Waals surface area contributed by atoms with E-state index in [1.165, 1.54) is 10.5 Å². The van der Waals surface area contributed by atoms with Crippen LogP contribution in [0.2, 0.25) is 0 Å². The Morgan fingerprint density at radius 1 is 1.04 bits per heavy atom. The first kappa shape index (κ1) is 30.8. The van der Waals surface area contributed by atoms with E-state index in [1.54, 1.807) is 24.4 Å². The number of aliphatic hydroxyl groups is 1. The Balaban J connectivity index is 1.05. The van der Waals surface area contributed by atoms with Crippen molar-refractivity contribution in [3.05, 3.63) is 65.9 Å². The molecule has 4 heterocycles. The maximum Gasteiger partial charge on any atom is 0.273 e. The van der Waals surface area contributed by atoms with E-state index in [1.807, 2.05) is 6.07 Å². The highest BCUT2D eigenvalue weighted by Gasteiger charge is 2.33. The second-order valence-corrected chi connectivity index (χ2v) is 11.8. The number of likely N-dealkylation sites (tertiary alicyclic amines) is 2. The first-order valence-corrected chi connectivity index (χ1v) is 15.4. The van der Waals surface area contributed by atoms with Gasteiger partial charge < -0.3 is 24.8 Å². The van der Waals surface area contributed by atoms with Gasteiger partial charge in [-0.25, -0.2) is 18.7 Å². The number of nitriles is 1. The summed E-state index contributed by atoms with van der Waals surface area (Å²) in [5.74, 6) is 0.413. The normalized spacial score (nSPS) is 19.1. The highest BCUT2D eigenvalue weighted by molar-refractivity contribution is 5.81. The minimum absolute atomic E-state index is 0.183. The zero-order chi connectivity index (χ0) is 31.3. The Morgan fingerprint density at radius 2 is 1.78 bits per heavy atom. The molecule has 10 nitrogen and oxygen atoms in total. The van der Waals surface area contributed by atoms with Gasteiger partial charge in [0.2, 0.25) is 5.95 Å². The van der Waals surface area contributed by atoms with Crippen molar-refractivity contribution in [2.45, 2.75) is 56.3 Å². The molecular formula is C33H36F2N6O4. The number of aromatic nitrogens is 2. The first-order valence-electron chi connectivity index (χ1n) is 15.4. The quantitative estimate of drug-likeness (QED) is 0.361. The van der Waals surface area contributed by atoms with Crippen molar-refractivity contribution in [2.75, 3.05) is 44.7 Å². The van der Waals surface area contributed by atoms with Crippen molar-refractivity contribution in [1.29, 1.82) is 5.26 Å². The lowest BCUT2D eigenvalue weighted by Gasteiger charge is -2.41. The fourth-order valence-corrected chi connectivity index (χ4v) is 6.13. The van der Waals surface area contributed by atoms with E-state index in [0.29, 0.717) is 47.8 Å². The average molecular weight is 619 g/mol. The van der Waals surface area contributed by atoms with E-state index in [9.17, 15) is 23.9 Å². The number of alkyl halides is 2. The maximum absolute atomic E-state index is 12.7. The molecule has 45 heavy (non-hydrogen) atoms. The topological polar surface area (TPSA) is 124 Å². The van der Waals surface area contributed by atoms with Crippen LogP contribution in [0.25, 0.3) is 11.3 Å². The lowest BCUT2D eigenvalue weighted by Crippen LogP contribution is -2.51. The molecule has 1 aromatic heterocycles. The van der Waals surface area contributed by atoms with Gasteiger partial charge in [0, 0.05) is 43.4 Å². The number of ether oxygens (including phenoxy) is 2. The number of halogens is 2. The third-order valence-corrected chi connectivity index (χ3v) is 8.89. The Kier molecular flexibility index (Phi) is 9.49. The van der Waals surface area contributed by atoms with Crippen molar-refractivity contribution in [2.24, 2.45) is 0 Å². The molecule has 0 unspecified atom stereocenters. The summed E-state index contributed by atoms with van der Waals surface area (Å²) < 4.78 is 36.8. The predicted octanol–water partition coefficient (Wildman–Crippen LogP) is 4.33. The van der Waals surface area contributed by atoms with Crippen LogP contribution in [0.1, 0.15) is 42.7 Å². The molecule has 236 valence electrons. The molecule has 0 aliphatic carbocycles. The van der Waals surface area contributed by atoms with E-state index in [0.717, 1.165) is 50.4 Å². The van der Waals surface area contributed by atoms with Crippen molar-refractivity contribution >= 4 is 17.5 Å². The highest BCUT2D eigenvalue weighted by Crippen LogP contribution is 2.32. The molecule has 3 saturated heterocycles. The summed E-state index contributed by atoms with van der Waals surface area (Å²) in [6.07, 6.45) is -0.983. The number of carbonyl (C=O) groups excluding carboxylic acids is 1. The summed E-state index contributed by atoms with van der Waals surface area (Å²) in [6, 6.07) is 18.2. The fraction of sp³-hybridized carbons (Fsp3) is 0.455. The van der Waals surface area contributed by atoms with Gasteiger partial charge in [-0.2, -0.15) is 5.26 Å². The zero-order valence-electron chi connectivity index (χ0n) is 24.8. The molecule has 0 spiro atoms. The monoisotopic (exact) mass is 618 g/mol. The molecule has 6 rings (SSSR count). The van der Waals surface area contributed by atoms with E-state index in [4.69, 9.17) is 9.47 Å². The molecule has 0 bridgehead atoms. The smallest absolute Gasteiger partial charge is 0.273 e. The SMILES string of the molecule is N#Cc1cc(-c2ccnc(Nc3ccc(C4CCN(C5COC5)CC4)cc3)n2)ccc1OC1CCN(C(=O)[C@@H](O)C(F)F)CC1. The van der Waals surface area contributed by atoms with Crippen molar-refractivity contribution in [3.63, 3.8) is 0 Å². The molecule has 0 radical (unpaired) electrons. The highest BCUT2D eigenvalue weighted by atomic mass is 19.3. The van der Waals surface area contributed by atoms with Gasteiger partial charge in [0.15, 0.2) is 6.10 Å². The van der Waals surface area contributed by atoms with Crippen LogP contribution in [0, 0.1) is 11.3 Å². The molecular weight excluding hydrogens is 582 g/mol. The average Bonchev–Trinajstić information content (AvgIpc) is 3.04. The van der Waals surface area contributed by atoms with Crippen LogP contribution >= 0.6 is 0 Å². The minimum Gasteiger partial charge on any atom is -0.489 e. The Morgan fingerprint density at radius 3 is 2.42 bits per heavy atom. The molecule has 12 heteroatoms. The molecule has 3 aliphatic heterocycles. The second kappa shape index (κ2) is 13.9. The third kappa shape index (κ3) is 7.22. The van der Waals surface area contributed by atoms with Crippen LogP contribution < -0.4 is 10.1 Å². The molecule has 3 aromatic rings. The molecule has 3 fully saturated rings. The minimum atomic E-state index is -3.12. The van der Waals surface area contributed by atoms with Gasteiger partial charge in [0.05, 0.1) is 30.5 Å². The summed E-state index contributed by atoms with van der Waals surface area (Å²) in [7, 11) is 0. The number of benzene rings is 2. The van der Waals surface area contributed by atoms with Crippen LogP contribution in [-0.2, 0) is 9.53 Å². The number of hydrogen-bond donors (Lipinski definition) is 2. The van der Waals surface area contributed by atoms with Crippen molar-refractivity contribution < 1.29 is 28.2 Å². The van der Waals surface area contributed by atoms with Crippen LogP contribution in [0.4, 0.5) is 20.4 Å². The number of anilines is 2. The third-order valence-electron chi connectivity index (χ3n) is 8.89. The first-order chi connectivity index (χ1) is 21.9. The van der Waals surface area contributed by atoms with Gasteiger partial charge in [0.1, 0.15) is 17.9 Å². The molecule has 3 aliphatic rings. The number of aliphatic hydroxyl groups excluding tert-OH is 1. The molecule has 2 aromatic carbocycles. The van der Waals surface area contributed by atoms with Crippen LogP contribution in [-0.4, -0.2) is 94.8 Å². The van der Waals surface area contributed by atoms with Gasteiger partial charge in [-0.3, -0.25) is 9.69 Å². The second-order valence-electron chi connectivity index (χ2n) is 11.8. The Hall–Kier alpha value is -4.18. The fourth-order valence-electron chi connectivity index (χ4n) is 6.13. The number of hydrogen-bond acceptors (Lipinski definition) is 9. The number of rotatable bonds is 9. The molecule has 1 atom stereocenters. The van der Waals surface area contributed by atoms with Gasteiger partial charge in [-0.1, -0.05) is 12.1 Å². The predicted molar refractivity (Wildman–Crippen MR) is 162 cm³/mol. The summed E-state index contributed by atoms with van der Waals surface area (Å²) >= 11 is 0. The summed E-state index contributed by atoms with van der Waals surface area (Å²) in [6.45, 7) is 4.31. The van der Waals surface area contributed by atoms with Gasteiger partial charge in [-0.15, -0.1) is 0 Å². The lowest BCUT2D eigenvalue weighted by molar-refractivity contribution is -0.150. The Labute approximate surface area is 260 Å². The summed E-state index contributed by atoms with van der Waals surface area (Å²) in [5.41, 5.74) is 3.92. The number of amides is 1. The van der Waals surface area contributed by atoms with E-state index in [2.05, 4.69) is 50.5 Å². The van der Waals surface area contributed by atoms with Gasteiger partial charge in [-0.05, 0) is 73.8 Å². The van der Waals surface area contributed by atoms with E-state index < -0.39 is 18.4 Å². The number of nitrogens with one attached hydrogen (secondary N) is 1. The van der Waals surface area contributed by atoms with Gasteiger partial charge >= 0.3 is 0 Å². The van der Waals surface area contributed by atoms with E-state index in [-0.39, 0.29) is 19.2 Å². The standard InChI is InChI=1S/C33H36F2N6O4/c34-31(35)30(42)32(43)41-15-10-27(11-16-41)45-29-6-3-23(17-24(29)18-36)28-7-12-37-33(39-28)38-25-4-1-21(2-5-25)22-8-13-40(14-9-22)26-19-44-20-26/h1-7,12,17,22,26-27,30-31,42H,8-11,13-16,19-20H2,(H,37,38,39)/t30-/m0/s1. The number of carbonyl (C=O) groups is 1. The largest absolute Gasteiger partial charge is 0.489 e.